The van der Waals surface area contributed by atoms with Crippen LogP contribution in [-0.4, -0.2) is 37.1 Å². The molecule has 0 atom stereocenters. The molecule has 0 unspecified atom stereocenters. The van der Waals surface area contributed by atoms with Crippen LogP contribution in [0.3, 0.4) is 0 Å². The molecule has 1 saturated carbocycles. The van der Waals surface area contributed by atoms with Crippen molar-refractivity contribution in [3.05, 3.63) is 0 Å². The topological polar surface area (TPSA) is 15.3 Å². The van der Waals surface area contributed by atoms with E-state index in [0.29, 0.717) is 11.6 Å². The zero-order valence-electron chi connectivity index (χ0n) is 11.0. The van der Waals surface area contributed by atoms with Crippen LogP contribution in [-0.2, 0) is 0 Å². The Morgan fingerprint density at radius 2 is 1.67 bits per heavy atom. The van der Waals surface area contributed by atoms with Gasteiger partial charge in [-0.25, -0.2) is 0 Å². The van der Waals surface area contributed by atoms with E-state index in [2.05, 4.69) is 38.2 Å². The third-order valence-electron chi connectivity index (χ3n) is 4.19. The van der Waals surface area contributed by atoms with Crippen LogP contribution in [0.1, 0.15) is 52.4 Å². The Morgan fingerprint density at radius 1 is 1.13 bits per heavy atom. The van der Waals surface area contributed by atoms with Crippen molar-refractivity contribution in [2.75, 3.05) is 20.6 Å². The SMILES string of the molecule is CCC(CC)NCC1(N(C)C)CCCC1. The lowest BCUT2D eigenvalue weighted by atomic mass is 9.95. The van der Waals surface area contributed by atoms with Crippen LogP contribution in [0.4, 0.5) is 0 Å². The molecule has 1 fully saturated rings. The minimum Gasteiger partial charge on any atom is -0.312 e. The molecule has 2 nitrogen and oxygen atoms in total. The average Bonchev–Trinajstić information content (AvgIpc) is 2.69. The maximum Gasteiger partial charge on any atom is 0.0327 e. The van der Waals surface area contributed by atoms with Gasteiger partial charge in [-0.3, -0.25) is 0 Å². The summed E-state index contributed by atoms with van der Waals surface area (Å²) in [6, 6.07) is 0.711. The fourth-order valence-corrected chi connectivity index (χ4v) is 2.73. The number of hydrogen-bond donors (Lipinski definition) is 1. The van der Waals surface area contributed by atoms with E-state index < -0.39 is 0 Å². The lowest BCUT2D eigenvalue weighted by Gasteiger charge is -2.37. The molecule has 0 heterocycles. The third kappa shape index (κ3) is 3.18. The Hall–Kier alpha value is -0.0800. The normalized spacial score (nSPS) is 20.4. The zero-order chi connectivity index (χ0) is 11.3. The number of nitrogens with one attached hydrogen (secondary N) is 1. The largest absolute Gasteiger partial charge is 0.312 e. The Kier molecular flexibility index (Phi) is 5.07. The van der Waals surface area contributed by atoms with Crippen LogP contribution in [0.5, 0.6) is 0 Å². The fourth-order valence-electron chi connectivity index (χ4n) is 2.73. The third-order valence-corrected chi connectivity index (χ3v) is 4.19. The molecule has 90 valence electrons. The van der Waals surface area contributed by atoms with Gasteiger partial charge in [0.15, 0.2) is 0 Å². The van der Waals surface area contributed by atoms with Crippen molar-refractivity contribution in [2.45, 2.75) is 64.0 Å². The molecule has 1 N–H and O–H groups in total. The molecule has 0 aromatic carbocycles. The summed E-state index contributed by atoms with van der Waals surface area (Å²) in [5.74, 6) is 0. The summed E-state index contributed by atoms with van der Waals surface area (Å²) < 4.78 is 0. The Morgan fingerprint density at radius 3 is 2.07 bits per heavy atom. The molecule has 0 bridgehead atoms. The summed E-state index contributed by atoms with van der Waals surface area (Å²) in [6.45, 7) is 5.72. The molecule has 0 aromatic heterocycles. The van der Waals surface area contributed by atoms with Crippen LogP contribution < -0.4 is 5.32 Å². The molecular formula is C13H28N2. The van der Waals surface area contributed by atoms with E-state index in [0.717, 1.165) is 0 Å². The van der Waals surface area contributed by atoms with E-state index in [9.17, 15) is 0 Å². The van der Waals surface area contributed by atoms with Gasteiger partial charge < -0.3 is 10.2 Å². The molecule has 0 spiro atoms. The van der Waals surface area contributed by atoms with Crippen molar-refractivity contribution in [2.24, 2.45) is 0 Å². The number of rotatable bonds is 6. The van der Waals surface area contributed by atoms with Gasteiger partial charge in [0.05, 0.1) is 0 Å². The summed E-state index contributed by atoms with van der Waals surface area (Å²) >= 11 is 0. The van der Waals surface area contributed by atoms with E-state index in [1.54, 1.807) is 0 Å². The van der Waals surface area contributed by atoms with Gasteiger partial charge >= 0.3 is 0 Å². The molecule has 0 radical (unpaired) electrons. The first-order valence-electron chi connectivity index (χ1n) is 6.55. The highest BCUT2D eigenvalue weighted by molar-refractivity contribution is 4.94. The molecule has 1 aliphatic rings. The van der Waals surface area contributed by atoms with Gasteiger partial charge in [0.2, 0.25) is 0 Å². The maximum absolute atomic E-state index is 3.74. The minimum absolute atomic E-state index is 0.447. The van der Waals surface area contributed by atoms with E-state index in [1.807, 2.05) is 0 Å². The highest BCUT2D eigenvalue weighted by atomic mass is 15.2. The second-order valence-electron chi connectivity index (χ2n) is 5.22. The van der Waals surface area contributed by atoms with Crippen molar-refractivity contribution < 1.29 is 0 Å². The maximum atomic E-state index is 3.74. The first-order chi connectivity index (χ1) is 7.14. The molecule has 0 amide bonds. The zero-order valence-corrected chi connectivity index (χ0v) is 11.0. The lowest BCUT2D eigenvalue weighted by molar-refractivity contribution is 0.148. The Labute approximate surface area is 95.4 Å². The molecule has 1 aliphatic carbocycles. The predicted molar refractivity (Wildman–Crippen MR) is 67.3 cm³/mol. The van der Waals surface area contributed by atoms with E-state index in [4.69, 9.17) is 0 Å². The van der Waals surface area contributed by atoms with E-state index in [-0.39, 0.29) is 0 Å². The first-order valence-corrected chi connectivity index (χ1v) is 6.55. The Bertz CT molecular complexity index is 167. The molecule has 1 rings (SSSR count). The van der Waals surface area contributed by atoms with Gasteiger partial charge in [0.25, 0.3) is 0 Å². The second kappa shape index (κ2) is 5.86. The summed E-state index contributed by atoms with van der Waals surface area (Å²) in [6.07, 6.45) is 8.05. The summed E-state index contributed by atoms with van der Waals surface area (Å²) in [4.78, 5) is 2.44. The highest BCUT2D eigenvalue weighted by Crippen LogP contribution is 2.33. The standard InChI is InChI=1S/C13H28N2/c1-5-12(6-2)14-11-13(15(3)4)9-7-8-10-13/h12,14H,5-11H2,1-4H3. The number of nitrogens with zero attached hydrogens (tertiary/aromatic N) is 1. The van der Waals surface area contributed by atoms with Crippen LogP contribution in [0, 0.1) is 0 Å². The fraction of sp³-hybridized carbons (Fsp3) is 1.00. The van der Waals surface area contributed by atoms with Gasteiger partial charge in [0.1, 0.15) is 0 Å². The minimum atomic E-state index is 0.447. The van der Waals surface area contributed by atoms with Crippen molar-refractivity contribution in [3.8, 4) is 0 Å². The van der Waals surface area contributed by atoms with E-state index >= 15 is 0 Å². The van der Waals surface area contributed by atoms with Crippen LogP contribution >= 0.6 is 0 Å². The number of hydrogen-bond acceptors (Lipinski definition) is 2. The second-order valence-corrected chi connectivity index (χ2v) is 5.22. The molecule has 2 heteroatoms. The first kappa shape index (κ1) is 13.0. The van der Waals surface area contributed by atoms with Crippen LogP contribution in [0.2, 0.25) is 0 Å². The Balaban J connectivity index is 2.45. The summed E-state index contributed by atoms with van der Waals surface area (Å²) in [5.41, 5.74) is 0.447. The lowest BCUT2D eigenvalue weighted by Crippen LogP contribution is -2.51. The molecule has 0 aromatic rings. The van der Waals surface area contributed by atoms with Crippen LogP contribution in [0.25, 0.3) is 0 Å². The quantitative estimate of drug-likeness (QED) is 0.728. The summed E-state index contributed by atoms with van der Waals surface area (Å²) in [5, 5.41) is 3.74. The molecule has 0 saturated heterocycles. The molecular weight excluding hydrogens is 184 g/mol. The van der Waals surface area contributed by atoms with Gasteiger partial charge in [0, 0.05) is 18.1 Å². The van der Waals surface area contributed by atoms with Gasteiger partial charge in [-0.05, 0) is 39.8 Å². The smallest absolute Gasteiger partial charge is 0.0327 e. The summed E-state index contributed by atoms with van der Waals surface area (Å²) in [7, 11) is 4.47. The van der Waals surface area contributed by atoms with Gasteiger partial charge in [-0.2, -0.15) is 0 Å². The van der Waals surface area contributed by atoms with Crippen molar-refractivity contribution in [1.82, 2.24) is 10.2 Å². The van der Waals surface area contributed by atoms with Crippen LogP contribution in [0.15, 0.2) is 0 Å². The monoisotopic (exact) mass is 212 g/mol. The van der Waals surface area contributed by atoms with Crippen molar-refractivity contribution in [3.63, 3.8) is 0 Å². The van der Waals surface area contributed by atoms with Crippen molar-refractivity contribution >= 4 is 0 Å². The van der Waals surface area contributed by atoms with E-state index in [1.165, 1.54) is 45.1 Å². The molecule has 15 heavy (non-hydrogen) atoms. The van der Waals surface area contributed by atoms with Crippen molar-refractivity contribution in [1.29, 1.82) is 0 Å². The average molecular weight is 212 g/mol. The predicted octanol–water partition coefficient (Wildman–Crippen LogP) is 2.64. The van der Waals surface area contributed by atoms with Gasteiger partial charge in [-0.1, -0.05) is 26.7 Å². The highest BCUT2D eigenvalue weighted by Gasteiger charge is 2.35. The van der Waals surface area contributed by atoms with Gasteiger partial charge in [-0.15, -0.1) is 0 Å². The number of likely N-dealkylation sites (N-methyl/N-ethyl adjacent to an activating group) is 1. The molecule has 0 aliphatic heterocycles.